The number of hydrogen-bond donors (Lipinski definition) is 1. The molecule has 19 heavy (non-hydrogen) atoms. The second kappa shape index (κ2) is 6.63. The molecule has 1 aromatic carbocycles. The number of methoxy groups -OCH3 is 2. The molecular weight excluding hydrogens is 244 g/mol. The molecule has 5 heteroatoms. The summed E-state index contributed by atoms with van der Waals surface area (Å²) in [5.41, 5.74) is 0.958. The SMILES string of the molecule is COc1ccc(NCC2CN(C)CCO2)c(OC)c1. The number of likely N-dealkylation sites (N-methyl/N-ethyl adjacent to an activating group) is 1. The lowest BCUT2D eigenvalue weighted by Crippen LogP contribution is -2.43. The summed E-state index contributed by atoms with van der Waals surface area (Å²) < 4.78 is 16.3. The molecule has 5 nitrogen and oxygen atoms in total. The van der Waals surface area contributed by atoms with E-state index in [1.807, 2.05) is 18.2 Å². The minimum absolute atomic E-state index is 0.213. The number of anilines is 1. The Balaban J connectivity index is 1.95. The fourth-order valence-corrected chi connectivity index (χ4v) is 2.16. The normalized spacial score (nSPS) is 20.1. The van der Waals surface area contributed by atoms with Crippen molar-refractivity contribution in [1.82, 2.24) is 4.90 Å². The highest BCUT2D eigenvalue weighted by Crippen LogP contribution is 2.29. The van der Waals surface area contributed by atoms with Crippen LogP contribution in [0.5, 0.6) is 11.5 Å². The third-order valence-electron chi connectivity index (χ3n) is 3.27. The van der Waals surface area contributed by atoms with E-state index in [0.717, 1.165) is 43.4 Å². The van der Waals surface area contributed by atoms with Crippen LogP contribution in [-0.2, 0) is 4.74 Å². The van der Waals surface area contributed by atoms with Gasteiger partial charge >= 0.3 is 0 Å². The first-order chi connectivity index (χ1) is 9.22. The highest BCUT2D eigenvalue weighted by Gasteiger charge is 2.17. The van der Waals surface area contributed by atoms with E-state index in [1.165, 1.54) is 0 Å². The third-order valence-corrected chi connectivity index (χ3v) is 3.27. The molecule has 1 aliphatic heterocycles. The van der Waals surface area contributed by atoms with E-state index in [1.54, 1.807) is 14.2 Å². The molecule has 1 fully saturated rings. The maximum atomic E-state index is 5.72. The van der Waals surface area contributed by atoms with Gasteiger partial charge in [-0.25, -0.2) is 0 Å². The van der Waals surface area contributed by atoms with E-state index >= 15 is 0 Å². The number of morpholine rings is 1. The monoisotopic (exact) mass is 266 g/mol. The van der Waals surface area contributed by atoms with E-state index in [-0.39, 0.29) is 6.10 Å². The Kier molecular flexibility index (Phi) is 4.87. The predicted octanol–water partition coefficient (Wildman–Crippen LogP) is 1.45. The minimum Gasteiger partial charge on any atom is -0.497 e. The average Bonchev–Trinajstić information content (AvgIpc) is 2.45. The summed E-state index contributed by atoms with van der Waals surface area (Å²) in [4.78, 5) is 2.28. The van der Waals surface area contributed by atoms with Crippen molar-refractivity contribution in [2.24, 2.45) is 0 Å². The molecule has 1 atom stereocenters. The van der Waals surface area contributed by atoms with Crippen LogP contribution in [0.4, 0.5) is 5.69 Å². The average molecular weight is 266 g/mol. The van der Waals surface area contributed by atoms with Crippen LogP contribution < -0.4 is 14.8 Å². The third kappa shape index (κ3) is 3.75. The smallest absolute Gasteiger partial charge is 0.145 e. The van der Waals surface area contributed by atoms with Crippen LogP contribution in [0, 0.1) is 0 Å². The van der Waals surface area contributed by atoms with Crippen LogP contribution in [0.25, 0.3) is 0 Å². The van der Waals surface area contributed by atoms with Crippen LogP contribution >= 0.6 is 0 Å². The zero-order valence-electron chi connectivity index (χ0n) is 11.8. The van der Waals surface area contributed by atoms with Crippen LogP contribution in [-0.4, -0.2) is 58.5 Å². The molecule has 2 rings (SSSR count). The van der Waals surface area contributed by atoms with Crippen LogP contribution in [0.15, 0.2) is 18.2 Å². The van der Waals surface area contributed by atoms with Crippen molar-refractivity contribution < 1.29 is 14.2 Å². The molecule has 1 heterocycles. The van der Waals surface area contributed by atoms with Crippen molar-refractivity contribution in [2.75, 3.05) is 52.8 Å². The molecule has 1 aliphatic rings. The Morgan fingerprint density at radius 3 is 2.89 bits per heavy atom. The number of nitrogens with zero attached hydrogens (tertiary/aromatic N) is 1. The highest BCUT2D eigenvalue weighted by molar-refractivity contribution is 5.59. The zero-order chi connectivity index (χ0) is 13.7. The summed E-state index contributed by atoms with van der Waals surface area (Å²) in [6.07, 6.45) is 0.213. The van der Waals surface area contributed by atoms with E-state index in [4.69, 9.17) is 14.2 Å². The molecule has 0 aliphatic carbocycles. The van der Waals surface area contributed by atoms with Crippen molar-refractivity contribution in [2.45, 2.75) is 6.10 Å². The van der Waals surface area contributed by atoms with Gasteiger partial charge in [-0.05, 0) is 19.2 Å². The number of rotatable bonds is 5. The Morgan fingerprint density at radius 2 is 2.21 bits per heavy atom. The number of benzene rings is 1. The molecule has 0 bridgehead atoms. The molecule has 1 unspecified atom stereocenters. The second-order valence-corrected chi connectivity index (χ2v) is 4.70. The summed E-state index contributed by atoms with van der Waals surface area (Å²) in [5, 5.41) is 3.37. The summed E-state index contributed by atoms with van der Waals surface area (Å²) in [6.45, 7) is 3.52. The van der Waals surface area contributed by atoms with Gasteiger partial charge < -0.3 is 24.4 Å². The first kappa shape index (κ1) is 14.0. The van der Waals surface area contributed by atoms with Crippen molar-refractivity contribution in [3.63, 3.8) is 0 Å². The summed E-state index contributed by atoms with van der Waals surface area (Å²) in [7, 11) is 5.42. The van der Waals surface area contributed by atoms with Crippen molar-refractivity contribution in [3.05, 3.63) is 18.2 Å². The maximum Gasteiger partial charge on any atom is 0.145 e. The fourth-order valence-electron chi connectivity index (χ4n) is 2.16. The van der Waals surface area contributed by atoms with Gasteiger partial charge in [0, 0.05) is 25.7 Å². The lowest BCUT2D eigenvalue weighted by atomic mass is 10.2. The first-order valence-corrected chi connectivity index (χ1v) is 6.49. The minimum atomic E-state index is 0.213. The molecule has 0 radical (unpaired) electrons. The first-order valence-electron chi connectivity index (χ1n) is 6.49. The number of nitrogens with one attached hydrogen (secondary N) is 1. The van der Waals surface area contributed by atoms with Gasteiger partial charge in [-0.1, -0.05) is 0 Å². The molecule has 1 aromatic rings. The molecule has 0 spiro atoms. The maximum absolute atomic E-state index is 5.72. The topological polar surface area (TPSA) is 43.0 Å². The van der Waals surface area contributed by atoms with Gasteiger partial charge in [0.15, 0.2) is 0 Å². The summed E-state index contributed by atoms with van der Waals surface area (Å²) >= 11 is 0. The van der Waals surface area contributed by atoms with E-state index in [2.05, 4.69) is 17.3 Å². The van der Waals surface area contributed by atoms with Crippen molar-refractivity contribution in [3.8, 4) is 11.5 Å². The molecule has 0 aromatic heterocycles. The quantitative estimate of drug-likeness (QED) is 0.873. The van der Waals surface area contributed by atoms with E-state index in [9.17, 15) is 0 Å². The molecule has 1 N–H and O–H groups in total. The Morgan fingerprint density at radius 1 is 1.37 bits per heavy atom. The van der Waals surface area contributed by atoms with Gasteiger partial charge in [0.2, 0.25) is 0 Å². The lowest BCUT2D eigenvalue weighted by Gasteiger charge is -2.30. The standard InChI is InChI=1S/C14H22N2O3/c1-16-6-7-19-12(10-16)9-15-13-5-4-11(17-2)8-14(13)18-3/h4-5,8,12,15H,6-7,9-10H2,1-3H3. The summed E-state index contributed by atoms with van der Waals surface area (Å²) in [5.74, 6) is 1.57. The molecule has 0 saturated carbocycles. The molecular formula is C14H22N2O3. The van der Waals surface area contributed by atoms with Gasteiger partial charge in [-0.3, -0.25) is 0 Å². The Labute approximate surface area is 114 Å². The fraction of sp³-hybridized carbons (Fsp3) is 0.571. The molecule has 0 amide bonds. The van der Waals surface area contributed by atoms with Gasteiger partial charge in [0.25, 0.3) is 0 Å². The molecule has 1 saturated heterocycles. The van der Waals surface area contributed by atoms with E-state index in [0.29, 0.717) is 0 Å². The highest BCUT2D eigenvalue weighted by atomic mass is 16.5. The van der Waals surface area contributed by atoms with Crippen molar-refractivity contribution >= 4 is 5.69 Å². The second-order valence-electron chi connectivity index (χ2n) is 4.70. The van der Waals surface area contributed by atoms with Gasteiger partial charge in [-0.2, -0.15) is 0 Å². The Hall–Kier alpha value is -1.46. The summed E-state index contributed by atoms with van der Waals surface area (Å²) in [6, 6.07) is 5.75. The van der Waals surface area contributed by atoms with Gasteiger partial charge in [-0.15, -0.1) is 0 Å². The number of ether oxygens (including phenoxy) is 3. The van der Waals surface area contributed by atoms with Crippen LogP contribution in [0.1, 0.15) is 0 Å². The zero-order valence-corrected chi connectivity index (χ0v) is 11.8. The van der Waals surface area contributed by atoms with Crippen LogP contribution in [0.3, 0.4) is 0 Å². The molecule has 106 valence electrons. The Bertz CT molecular complexity index is 412. The predicted molar refractivity (Wildman–Crippen MR) is 75.3 cm³/mol. The van der Waals surface area contributed by atoms with E-state index < -0.39 is 0 Å². The number of hydrogen-bond acceptors (Lipinski definition) is 5. The van der Waals surface area contributed by atoms with Crippen LogP contribution in [0.2, 0.25) is 0 Å². The largest absolute Gasteiger partial charge is 0.497 e. The van der Waals surface area contributed by atoms with Gasteiger partial charge in [0.05, 0.1) is 32.6 Å². The van der Waals surface area contributed by atoms with Crippen molar-refractivity contribution in [1.29, 1.82) is 0 Å². The van der Waals surface area contributed by atoms with Gasteiger partial charge in [0.1, 0.15) is 11.5 Å². The lowest BCUT2D eigenvalue weighted by molar-refractivity contribution is -0.0117.